The fourth-order valence-electron chi connectivity index (χ4n) is 1.58. The predicted molar refractivity (Wildman–Crippen MR) is 73.0 cm³/mol. The summed E-state index contributed by atoms with van der Waals surface area (Å²) >= 11 is 5.67. The van der Waals surface area contributed by atoms with Gasteiger partial charge in [0.15, 0.2) is 0 Å². The van der Waals surface area contributed by atoms with Crippen LogP contribution < -0.4 is 5.32 Å². The average molecular weight is 279 g/mol. The summed E-state index contributed by atoms with van der Waals surface area (Å²) < 4.78 is 0. The Morgan fingerprint density at radius 2 is 2.11 bits per heavy atom. The number of anilines is 1. The molecule has 1 amide bonds. The van der Waals surface area contributed by atoms with Crippen LogP contribution in [0.25, 0.3) is 6.08 Å². The van der Waals surface area contributed by atoms with E-state index in [1.165, 1.54) is 6.92 Å². The van der Waals surface area contributed by atoms with Crippen molar-refractivity contribution >= 4 is 41.0 Å². The lowest BCUT2D eigenvalue weighted by atomic mass is 10.1. The van der Waals surface area contributed by atoms with Crippen molar-refractivity contribution < 1.29 is 14.4 Å². The summed E-state index contributed by atoms with van der Waals surface area (Å²) in [6.45, 7) is 1.44. The van der Waals surface area contributed by atoms with Gasteiger partial charge in [-0.3, -0.25) is 4.79 Å². The lowest BCUT2D eigenvalue weighted by Gasteiger charge is -2.02. The normalized spacial score (nSPS) is 16.2. The van der Waals surface area contributed by atoms with Gasteiger partial charge in [-0.05, 0) is 23.8 Å². The van der Waals surface area contributed by atoms with Crippen molar-refractivity contribution in [1.29, 1.82) is 0 Å². The van der Waals surface area contributed by atoms with Crippen LogP contribution in [0.5, 0.6) is 0 Å². The highest BCUT2D eigenvalue weighted by molar-refractivity contribution is 6.38. The van der Waals surface area contributed by atoms with Crippen LogP contribution in [0.15, 0.2) is 35.0 Å². The smallest absolute Gasteiger partial charge is 0.326 e. The molecule has 0 fully saturated rings. The molecule has 1 heterocycles. The molecule has 6 heteroatoms. The molecular formula is C13H11ClN2O3. The lowest BCUT2D eigenvalue weighted by Crippen LogP contribution is -2.06. The van der Waals surface area contributed by atoms with E-state index in [0.717, 1.165) is 5.56 Å². The van der Waals surface area contributed by atoms with Crippen LogP contribution in [-0.4, -0.2) is 23.5 Å². The molecule has 0 atom stereocenters. The molecule has 1 N–H and O–H groups in total. The van der Waals surface area contributed by atoms with Crippen LogP contribution in [0, 0.1) is 0 Å². The van der Waals surface area contributed by atoms with Gasteiger partial charge in [-0.2, -0.15) is 0 Å². The van der Waals surface area contributed by atoms with Gasteiger partial charge in [-0.15, -0.1) is 11.6 Å². The highest BCUT2D eigenvalue weighted by Gasteiger charge is 2.24. The third kappa shape index (κ3) is 3.20. The third-order valence-corrected chi connectivity index (χ3v) is 2.69. The predicted octanol–water partition coefficient (Wildman–Crippen LogP) is 2.18. The molecule has 0 spiro atoms. The maximum Gasteiger partial charge on any atom is 0.367 e. The number of hydrogen-bond donors (Lipinski definition) is 1. The fourth-order valence-corrected chi connectivity index (χ4v) is 1.78. The highest BCUT2D eigenvalue weighted by atomic mass is 35.5. The quantitative estimate of drug-likeness (QED) is 0.523. The molecule has 1 aromatic rings. The number of nitrogens with zero attached hydrogens (tertiary/aromatic N) is 1. The second kappa shape index (κ2) is 5.67. The van der Waals surface area contributed by atoms with Gasteiger partial charge in [0.25, 0.3) is 0 Å². The molecular weight excluding hydrogens is 268 g/mol. The number of carbonyl (C=O) groups excluding carboxylic acids is 2. The van der Waals surface area contributed by atoms with Crippen LogP contribution in [0.3, 0.4) is 0 Å². The molecule has 1 aliphatic rings. The lowest BCUT2D eigenvalue weighted by molar-refractivity contribution is -0.136. The summed E-state index contributed by atoms with van der Waals surface area (Å²) in [6, 6.07) is 7.03. The Labute approximate surface area is 114 Å². The molecule has 1 aliphatic heterocycles. The summed E-state index contributed by atoms with van der Waals surface area (Å²) in [5.41, 5.74) is 2.25. The van der Waals surface area contributed by atoms with E-state index >= 15 is 0 Å². The van der Waals surface area contributed by atoms with Crippen molar-refractivity contribution in [3.8, 4) is 0 Å². The summed E-state index contributed by atoms with van der Waals surface area (Å²) in [6.07, 6.45) is 1.65. The van der Waals surface area contributed by atoms with E-state index in [2.05, 4.69) is 15.3 Å². The van der Waals surface area contributed by atoms with Gasteiger partial charge in [0.05, 0.1) is 11.5 Å². The van der Waals surface area contributed by atoms with Gasteiger partial charge in [0.2, 0.25) is 5.91 Å². The molecule has 0 saturated heterocycles. The number of carbonyl (C=O) groups is 2. The number of oxime groups is 1. The SMILES string of the molecule is CC(=O)Nc1ccc(/C=C2\C(=O)ON=C2CCl)cc1. The van der Waals surface area contributed by atoms with E-state index in [4.69, 9.17) is 11.6 Å². The third-order valence-electron chi connectivity index (χ3n) is 2.44. The Kier molecular flexibility index (Phi) is 3.97. The van der Waals surface area contributed by atoms with Crippen LogP contribution in [-0.2, 0) is 14.4 Å². The molecule has 19 heavy (non-hydrogen) atoms. The standard InChI is InChI=1S/C13H11ClN2O3/c1-8(17)15-10-4-2-9(3-5-10)6-11-12(7-14)16-19-13(11)18/h2-6H,7H2,1H3,(H,15,17)/b11-6-. The largest absolute Gasteiger partial charge is 0.367 e. The topological polar surface area (TPSA) is 67.8 Å². The maximum atomic E-state index is 11.4. The van der Waals surface area contributed by atoms with E-state index in [1.807, 2.05) is 0 Å². The van der Waals surface area contributed by atoms with Gasteiger partial charge in [-0.1, -0.05) is 17.3 Å². The zero-order chi connectivity index (χ0) is 13.8. The monoisotopic (exact) mass is 278 g/mol. The number of alkyl halides is 1. The summed E-state index contributed by atoms with van der Waals surface area (Å²) in [4.78, 5) is 26.9. The van der Waals surface area contributed by atoms with Crippen molar-refractivity contribution in [2.45, 2.75) is 6.92 Å². The van der Waals surface area contributed by atoms with Crippen LogP contribution >= 0.6 is 11.6 Å². The molecule has 2 rings (SSSR count). The van der Waals surface area contributed by atoms with Crippen molar-refractivity contribution in [3.05, 3.63) is 35.4 Å². The molecule has 98 valence electrons. The first kappa shape index (κ1) is 13.3. The van der Waals surface area contributed by atoms with Crippen molar-refractivity contribution in [2.24, 2.45) is 5.16 Å². The van der Waals surface area contributed by atoms with E-state index in [9.17, 15) is 9.59 Å². The fraction of sp³-hybridized carbons (Fsp3) is 0.154. The zero-order valence-electron chi connectivity index (χ0n) is 10.1. The summed E-state index contributed by atoms with van der Waals surface area (Å²) in [5.74, 6) is -0.537. The van der Waals surface area contributed by atoms with E-state index in [0.29, 0.717) is 17.0 Å². The second-order valence-electron chi connectivity index (χ2n) is 3.91. The molecule has 0 bridgehead atoms. The first-order chi connectivity index (χ1) is 9.10. The Bertz CT molecular complexity index is 576. The minimum absolute atomic E-state index is 0.113. The maximum absolute atomic E-state index is 11.4. The van der Waals surface area contributed by atoms with Crippen LogP contribution in [0.4, 0.5) is 5.69 Å². The number of halogens is 1. The molecule has 1 aromatic carbocycles. The van der Waals surface area contributed by atoms with E-state index < -0.39 is 5.97 Å². The van der Waals surface area contributed by atoms with E-state index in [-0.39, 0.29) is 11.8 Å². The summed E-state index contributed by atoms with van der Waals surface area (Å²) in [5, 5.41) is 6.24. The molecule has 5 nitrogen and oxygen atoms in total. The van der Waals surface area contributed by atoms with Crippen molar-refractivity contribution in [1.82, 2.24) is 0 Å². The van der Waals surface area contributed by atoms with Crippen molar-refractivity contribution in [3.63, 3.8) is 0 Å². The minimum atomic E-state index is -0.512. The summed E-state index contributed by atoms with van der Waals surface area (Å²) in [7, 11) is 0. The van der Waals surface area contributed by atoms with Crippen molar-refractivity contribution in [2.75, 3.05) is 11.2 Å². The molecule has 0 unspecified atom stereocenters. The average Bonchev–Trinajstić information content (AvgIpc) is 2.72. The molecule has 0 saturated carbocycles. The Hall–Kier alpha value is -2.14. The molecule has 0 radical (unpaired) electrons. The number of benzene rings is 1. The minimum Gasteiger partial charge on any atom is -0.326 e. The number of rotatable bonds is 3. The van der Waals surface area contributed by atoms with E-state index in [1.54, 1.807) is 30.3 Å². The highest BCUT2D eigenvalue weighted by Crippen LogP contribution is 2.18. The first-order valence-corrected chi connectivity index (χ1v) is 6.07. The van der Waals surface area contributed by atoms with Gasteiger partial charge >= 0.3 is 5.97 Å². The van der Waals surface area contributed by atoms with Gasteiger partial charge in [0, 0.05) is 12.6 Å². The first-order valence-electron chi connectivity index (χ1n) is 5.54. The Morgan fingerprint density at radius 1 is 1.42 bits per heavy atom. The Morgan fingerprint density at radius 3 is 2.68 bits per heavy atom. The number of amides is 1. The van der Waals surface area contributed by atoms with Gasteiger partial charge in [-0.25, -0.2) is 4.79 Å². The van der Waals surface area contributed by atoms with Crippen LogP contribution in [0.2, 0.25) is 0 Å². The number of hydrogen-bond acceptors (Lipinski definition) is 4. The van der Waals surface area contributed by atoms with Gasteiger partial charge in [0.1, 0.15) is 5.71 Å². The van der Waals surface area contributed by atoms with Gasteiger partial charge < -0.3 is 10.2 Å². The Balaban J connectivity index is 2.21. The zero-order valence-corrected chi connectivity index (χ0v) is 10.9. The second-order valence-corrected chi connectivity index (χ2v) is 4.18. The number of nitrogens with one attached hydrogen (secondary N) is 1. The van der Waals surface area contributed by atoms with Crippen LogP contribution in [0.1, 0.15) is 12.5 Å². The molecule has 0 aromatic heterocycles. The molecule has 0 aliphatic carbocycles.